The number of hydrogen-bond donors (Lipinski definition) is 0. The van der Waals surface area contributed by atoms with Gasteiger partial charge in [-0.15, -0.1) is 0 Å². The molecule has 3 heterocycles. The Morgan fingerprint density at radius 3 is 2.96 bits per heavy atom. The lowest BCUT2D eigenvalue weighted by molar-refractivity contribution is 0.0513. The second-order valence-electron chi connectivity index (χ2n) is 6.22. The number of rotatable bonds is 4. The van der Waals surface area contributed by atoms with Gasteiger partial charge in [-0.1, -0.05) is 0 Å². The minimum absolute atomic E-state index is 0.0131. The Balaban J connectivity index is 1.66. The molecule has 2 aromatic heterocycles. The molecule has 0 aliphatic carbocycles. The molecule has 3 rings (SSSR count). The molecule has 0 unspecified atom stereocenters. The molecule has 128 valence electrons. The first-order valence-electron chi connectivity index (χ1n) is 8.14. The molecule has 6 nitrogen and oxygen atoms in total. The quantitative estimate of drug-likeness (QED) is 0.864. The van der Waals surface area contributed by atoms with Gasteiger partial charge in [-0.2, -0.15) is 0 Å². The van der Waals surface area contributed by atoms with Crippen LogP contribution in [0.1, 0.15) is 43.2 Å². The van der Waals surface area contributed by atoms with Gasteiger partial charge >= 0.3 is 0 Å². The van der Waals surface area contributed by atoms with Crippen molar-refractivity contribution in [3.8, 4) is 5.88 Å². The summed E-state index contributed by atoms with van der Waals surface area (Å²) in [4.78, 5) is 22.4. The normalized spacial score (nSPS) is 18.0. The van der Waals surface area contributed by atoms with E-state index in [0.717, 1.165) is 12.8 Å². The summed E-state index contributed by atoms with van der Waals surface area (Å²) in [5, 5.41) is 0. The van der Waals surface area contributed by atoms with Crippen LogP contribution in [0.15, 0.2) is 30.9 Å². The Morgan fingerprint density at radius 1 is 1.42 bits per heavy atom. The van der Waals surface area contributed by atoms with Gasteiger partial charge in [-0.05, 0) is 38.8 Å². The number of piperidine rings is 1. The minimum Gasteiger partial charge on any atom is -0.470 e. The largest absolute Gasteiger partial charge is 0.470 e. The molecule has 0 bridgehead atoms. The van der Waals surface area contributed by atoms with Crippen LogP contribution in [0.25, 0.3) is 0 Å². The van der Waals surface area contributed by atoms with Gasteiger partial charge in [0.15, 0.2) is 5.82 Å². The summed E-state index contributed by atoms with van der Waals surface area (Å²) >= 11 is 0. The van der Waals surface area contributed by atoms with Crippen LogP contribution in [-0.4, -0.2) is 44.5 Å². The molecule has 0 saturated carbocycles. The molecule has 0 N–H and O–H groups in total. The molecular formula is C17H21FN4O2. The van der Waals surface area contributed by atoms with Crippen molar-refractivity contribution in [2.24, 2.45) is 0 Å². The highest BCUT2D eigenvalue weighted by Gasteiger charge is 2.27. The van der Waals surface area contributed by atoms with Crippen molar-refractivity contribution in [1.82, 2.24) is 19.4 Å². The van der Waals surface area contributed by atoms with Crippen molar-refractivity contribution in [2.45, 2.75) is 38.8 Å². The smallest absolute Gasteiger partial charge is 0.274 e. The standard InChI is InChI=1S/C17H21FN4O2/c1-12(2)22-10-15(20-11-22)17(23)21-8-4-5-13(9-21)24-16-14(18)6-3-7-19-16/h3,6-7,10-13H,4-5,8-9H2,1-2H3/t13-/m1/s1. The summed E-state index contributed by atoms with van der Waals surface area (Å²) < 4.78 is 21.2. The van der Waals surface area contributed by atoms with Crippen molar-refractivity contribution in [3.63, 3.8) is 0 Å². The van der Waals surface area contributed by atoms with Crippen LogP contribution in [0.3, 0.4) is 0 Å². The summed E-state index contributed by atoms with van der Waals surface area (Å²) in [5.74, 6) is -0.623. The average molecular weight is 332 g/mol. The van der Waals surface area contributed by atoms with E-state index in [-0.39, 0.29) is 23.9 Å². The third-order valence-electron chi connectivity index (χ3n) is 4.09. The minimum atomic E-state index is -0.489. The van der Waals surface area contributed by atoms with Crippen molar-refractivity contribution in [2.75, 3.05) is 13.1 Å². The second-order valence-corrected chi connectivity index (χ2v) is 6.22. The van der Waals surface area contributed by atoms with Crippen LogP contribution in [0, 0.1) is 5.82 Å². The van der Waals surface area contributed by atoms with Gasteiger partial charge in [0, 0.05) is 25.0 Å². The first kappa shape index (κ1) is 16.4. The van der Waals surface area contributed by atoms with Gasteiger partial charge in [0.05, 0.1) is 12.9 Å². The third kappa shape index (κ3) is 3.55. The predicted octanol–water partition coefficient (Wildman–Crippen LogP) is 2.68. The van der Waals surface area contributed by atoms with E-state index in [0.29, 0.717) is 18.8 Å². The number of hydrogen-bond acceptors (Lipinski definition) is 4. The van der Waals surface area contributed by atoms with Gasteiger partial charge in [-0.3, -0.25) is 4.79 Å². The van der Waals surface area contributed by atoms with E-state index >= 15 is 0 Å². The number of nitrogens with zero attached hydrogens (tertiary/aromatic N) is 4. The number of likely N-dealkylation sites (tertiary alicyclic amines) is 1. The summed E-state index contributed by atoms with van der Waals surface area (Å²) in [6.45, 7) is 5.12. The Hall–Kier alpha value is -2.44. The molecular weight excluding hydrogens is 311 g/mol. The van der Waals surface area contributed by atoms with Crippen molar-refractivity contribution >= 4 is 5.91 Å². The van der Waals surface area contributed by atoms with E-state index in [4.69, 9.17) is 4.74 Å². The van der Waals surface area contributed by atoms with E-state index in [1.54, 1.807) is 17.4 Å². The predicted molar refractivity (Wildman–Crippen MR) is 86.4 cm³/mol. The molecule has 1 aliphatic rings. The molecule has 2 aromatic rings. The SMILES string of the molecule is CC(C)n1cnc(C(=O)N2CCC[C@@H](Oc3ncccc3F)C2)c1. The lowest BCUT2D eigenvalue weighted by atomic mass is 10.1. The number of carbonyl (C=O) groups is 1. The van der Waals surface area contributed by atoms with Crippen molar-refractivity contribution in [1.29, 1.82) is 0 Å². The zero-order valence-corrected chi connectivity index (χ0v) is 13.9. The third-order valence-corrected chi connectivity index (χ3v) is 4.09. The molecule has 0 radical (unpaired) electrons. The molecule has 1 atom stereocenters. The molecule has 1 aliphatic heterocycles. The van der Waals surface area contributed by atoms with Crippen LogP contribution < -0.4 is 4.74 Å². The molecule has 1 fully saturated rings. The number of amides is 1. The highest BCUT2D eigenvalue weighted by molar-refractivity contribution is 5.92. The van der Waals surface area contributed by atoms with Gasteiger partial charge < -0.3 is 14.2 Å². The topological polar surface area (TPSA) is 60.2 Å². The summed E-state index contributed by atoms with van der Waals surface area (Å²) in [6.07, 6.45) is 6.22. The molecule has 7 heteroatoms. The van der Waals surface area contributed by atoms with Gasteiger partial charge in [-0.25, -0.2) is 14.4 Å². The number of halogens is 1. The lowest BCUT2D eigenvalue weighted by Crippen LogP contribution is -2.44. The maximum absolute atomic E-state index is 13.7. The van der Waals surface area contributed by atoms with Crippen LogP contribution in [0.4, 0.5) is 4.39 Å². The molecule has 0 aromatic carbocycles. The summed E-state index contributed by atoms with van der Waals surface area (Å²) in [7, 11) is 0. The lowest BCUT2D eigenvalue weighted by Gasteiger charge is -2.32. The fourth-order valence-electron chi connectivity index (χ4n) is 2.73. The maximum atomic E-state index is 13.7. The Morgan fingerprint density at radius 2 is 2.25 bits per heavy atom. The molecule has 1 amide bonds. The first-order chi connectivity index (χ1) is 11.5. The highest BCUT2D eigenvalue weighted by atomic mass is 19.1. The van der Waals surface area contributed by atoms with E-state index in [2.05, 4.69) is 9.97 Å². The van der Waals surface area contributed by atoms with E-state index < -0.39 is 5.82 Å². The van der Waals surface area contributed by atoms with E-state index in [1.165, 1.54) is 18.3 Å². The van der Waals surface area contributed by atoms with E-state index in [9.17, 15) is 9.18 Å². The van der Waals surface area contributed by atoms with Gasteiger partial charge in [0.1, 0.15) is 11.8 Å². The van der Waals surface area contributed by atoms with Gasteiger partial charge in [0.2, 0.25) is 0 Å². The Kier molecular flexibility index (Phi) is 4.78. The molecule has 1 saturated heterocycles. The average Bonchev–Trinajstić information content (AvgIpc) is 3.07. The number of imidazole rings is 1. The number of ether oxygens (including phenoxy) is 1. The summed E-state index contributed by atoms with van der Waals surface area (Å²) in [6, 6.07) is 3.08. The van der Waals surface area contributed by atoms with Crippen LogP contribution in [0.2, 0.25) is 0 Å². The fraction of sp³-hybridized carbons (Fsp3) is 0.471. The second kappa shape index (κ2) is 6.98. The Labute approximate surface area is 140 Å². The fourth-order valence-corrected chi connectivity index (χ4v) is 2.73. The van der Waals surface area contributed by atoms with Crippen molar-refractivity contribution < 1.29 is 13.9 Å². The van der Waals surface area contributed by atoms with Crippen molar-refractivity contribution in [3.05, 3.63) is 42.4 Å². The monoisotopic (exact) mass is 332 g/mol. The van der Waals surface area contributed by atoms with Crippen LogP contribution >= 0.6 is 0 Å². The number of pyridine rings is 1. The Bertz CT molecular complexity index is 716. The zero-order valence-electron chi connectivity index (χ0n) is 13.9. The molecule has 0 spiro atoms. The maximum Gasteiger partial charge on any atom is 0.274 e. The molecule has 24 heavy (non-hydrogen) atoms. The van der Waals surface area contributed by atoms with Crippen LogP contribution in [0.5, 0.6) is 5.88 Å². The van der Waals surface area contributed by atoms with Gasteiger partial charge in [0.25, 0.3) is 11.8 Å². The number of carbonyl (C=O) groups excluding carboxylic acids is 1. The van der Waals surface area contributed by atoms with Crippen LogP contribution in [-0.2, 0) is 0 Å². The zero-order chi connectivity index (χ0) is 17.1. The van der Waals surface area contributed by atoms with E-state index in [1.807, 2.05) is 18.4 Å². The number of aromatic nitrogens is 3. The summed E-state index contributed by atoms with van der Waals surface area (Å²) in [5.41, 5.74) is 0.424. The highest BCUT2D eigenvalue weighted by Crippen LogP contribution is 2.20. The first-order valence-corrected chi connectivity index (χ1v) is 8.14.